The molecule has 6 heteroatoms. The first-order valence-electron chi connectivity index (χ1n) is 4.92. The first kappa shape index (κ1) is 11.7. The Bertz CT molecular complexity index is 515. The molecular formula is C10H12ClNO3S. The predicted octanol–water partition coefficient (Wildman–Crippen LogP) is 2.09. The lowest BCUT2D eigenvalue weighted by molar-refractivity contribution is 0.482. The van der Waals surface area contributed by atoms with Crippen LogP contribution in [0.2, 0.25) is 0 Å². The molecule has 0 aromatic heterocycles. The van der Waals surface area contributed by atoms with Gasteiger partial charge in [-0.15, -0.1) is 0 Å². The third kappa shape index (κ3) is 2.03. The second-order valence-electron chi connectivity index (χ2n) is 4.09. The van der Waals surface area contributed by atoms with Gasteiger partial charge in [-0.05, 0) is 24.0 Å². The van der Waals surface area contributed by atoms with Crippen molar-refractivity contribution in [2.24, 2.45) is 5.92 Å². The molecule has 1 atom stereocenters. The Labute approximate surface area is 99.7 Å². The minimum atomic E-state index is -4.22. The fraction of sp³-hybridized carbons (Fsp3) is 0.400. The number of nitrogens with zero attached hydrogens (tertiary/aromatic N) is 1. The molecule has 0 fully saturated rings. The van der Waals surface area contributed by atoms with E-state index in [2.05, 4.69) is 0 Å². The summed E-state index contributed by atoms with van der Waals surface area (Å²) in [5.74, 6) is 0.363. The molecule has 0 spiro atoms. The molecule has 88 valence electrons. The highest BCUT2D eigenvalue weighted by molar-refractivity contribution is 7.86. The number of hydrogen-bond donors (Lipinski definition) is 1. The van der Waals surface area contributed by atoms with Crippen molar-refractivity contribution in [3.8, 4) is 0 Å². The molecule has 0 unspecified atom stereocenters. The van der Waals surface area contributed by atoms with E-state index in [-0.39, 0.29) is 4.90 Å². The van der Waals surface area contributed by atoms with Crippen LogP contribution in [-0.4, -0.2) is 19.5 Å². The number of halogens is 1. The summed E-state index contributed by atoms with van der Waals surface area (Å²) in [6.45, 7) is 2.61. The standard InChI is InChI=1S/C10H12ClNO3S/c1-7-5-8-3-2-4-9(16(13,14)15)10(8)12(11)6-7/h2-4,7H,5-6H2,1H3,(H,13,14,15)/t7-/m1/s1. The van der Waals surface area contributed by atoms with Crippen molar-refractivity contribution in [3.63, 3.8) is 0 Å². The molecule has 1 aromatic carbocycles. The molecule has 0 bridgehead atoms. The maximum atomic E-state index is 11.2. The molecule has 0 amide bonds. The van der Waals surface area contributed by atoms with Gasteiger partial charge in [-0.3, -0.25) is 8.97 Å². The van der Waals surface area contributed by atoms with E-state index in [0.717, 1.165) is 12.0 Å². The highest BCUT2D eigenvalue weighted by Gasteiger charge is 2.27. The molecule has 2 rings (SSSR count). The van der Waals surface area contributed by atoms with Gasteiger partial charge < -0.3 is 0 Å². The lowest BCUT2D eigenvalue weighted by atomic mass is 9.96. The van der Waals surface area contributed by atoms with Crippen LogP contribution in [0.1, 0.15) is 12.5 Å². The summed E-state index contributed by atoms with van der Waals surface area (Å²) in [4.78, 5) is -0.119. The van der Waals surface area contributed by atoms with E-state index in [4.69, 9.17) is 16.3 Å². The SMILES string of the molecule is C[C@@H]1Cc2cccc(S(=O)(=O)O)c2N(Cl)C1. The van der Waals surface area contributed by atoms with Crippen LogP contribution in [0.3, 0.4) is 0 Å². The summed E-state index contributed by atoms with van der Waals surface area (Å²) in [6, 6.07) is 4.80. The van der Waals surface area contributed by atoms with Crippen LogP contribution in [0.25, 0.3) is 0 Å². The number of rotatable bonds is 1. The van der Waals surface area contributed by atoms with Gasteiger partial charge in [-0.25, -0.2) is 0 Å². The molecule has 0 saturated heterocycles. The smallest absolute Gasteiger partial charge is 0.283 e. The Morgan fingerprint density at radius 1 is 1.50 bits per heavy atom. The minimum absolute atomic E-state index is 0.119. The monoisotopic (exact) mass is 261 g/mol. The molecule has 0 radical (unpaired) electrons. The van der Waals surface area contributed by atoms with E-state index >= 15 is 0 Å². The second kappa shape index (κ2) is 3.91. The average molecular weight is 262 g/mol. The normalized spacial score (nSPS) is 20.7. The molecule has 4 nitrogen and oxygen atoms in total. The van der Waals surface area contributed by atoms with Crippen molar-refractivity contribution in [2.75, 3.05) is 11.0 Å². The second-order valence-corrected chi connectivity index (χ2v) is 5.89. The largest absolute Gasteiger partial charge is 0.296 e. The van der Waals surface area contributed by atoms with Crippen LogP contribution < -0.4 is 4.42 Å². The summed E-state index contributed by atoms with van der Waals surface area (Å²) in [5.41, 5.74) is 1.26. The number of anilines is 1. The van der Waals surface area contributed by atoms with Gasteiger partial charge >= 0.3 is 0 Å². The van der Waals surface area contributed by atoms with Crippen LogP contribution in [0.5, 0.6) is 0 Å². The van der Waals surface area contributed by atoms with Crippen LogP contribution in [-0.2, 0) is 16.5 Å². The van der Waals surface area contributed by atoms with Gasteiger partial charge in [0.15, 0.2) is 0 Å². The average Bonchev–Trinajstić information content (AvgIpc) is 2.14. The highest BCUT2D eigenvalue weighted by atomic mass is 35.5. The number of hydrogen-bond acceptors (Lipinski definition) is 3. The molecule has 1 N–H and O–H groups in total. The molecular weight excluding hydrogens is 250 g/mol. The Morgan fingerprint density at radius 2 is 2.19 bits per heavy atom. The fourth-order valence-corrected chi connectivity index (χ4v) is 3.24. The zero-order valence-electron chi connectivity index (χ0n) is 8.72. The third-order valence-corrected chi connectivity index (χ3v) is 3.84. The van der Waals surface area contributed by atoms with Gasteiger partial charge in [0.05, 0.1) is 5.69 Å². The van der Waals surface area contributed by atoms with Gasteiger partial charge in [0.1, 0.15) is 4.90 Å². The summed E-state index contributed by atoms with van der Waals surface area (Å²) in [7, 11) is -4.22. The van der Waals surface area contributed by atoms with Crippen molar-refractivity contribution in [2.45, 2.75) is 18.2 Å². The molecule has 1 heterocycles. The van der Waals surface area contributed by atoms with Crippen molar-refractivity contribution < 1.29 is 13.0 Å². The molecule has 0 aliphatic carbocycles. The summed E-state index contributed by atoms with van der Waals surface area (Å²) < 4.78 is 32.9. The molecule has 0 saturated carbocycles. The molecule has 16 heavy (non-hydrogen) atoms. The number of para-hydroxylation sites is 1. The third-order valence-electron chi connectivity index (χ3n) is 2.64. The van der Waals surface area contributed by atoms with Crippen molar-refractivity contribution in [1.82, 2.24) is 0 Å². The quantitative estimate of drug-likeness (QED) is 0.621. The number of fused-ring (bicyclic) bond motifs is 1. The Kier molecular flexibility index (Phi) is 2.86. The number of benzene rings is 1. The van der Waals surface area contributed by atoms with Gasteiger partial charge in [-0.1, -0.05) is 19.1 Å². The first-order valence-corrected chi connectivity index (χ1v) is 6.70. The van der Waals surface area contributed by atoms with Gasteiger partial charge in [0.25, 0.3) is 10.1 Å². The van der Waals surface area contributed by atoms with Gasteiger partial charge in [-0.2, -0.15) is 8.42 Å². The van der Waals surface area contributed by atoms with Gasteiger partial charge in [0, 0.05) is 18.3 Å². The zero-order chi connectivity index (χ0) is 11.9. The van der Waals surface area contributed by atoms with E-state index in [0.29, 0.717) is 18.2 Å². The maximum absolute atomic E-state index is 11.2. The van der Waals surface area contributed by atoms with E-state index < -0.39 is 10.1 Å². The predicted molar refractivity (Wildman–Crippen MR) is 62.3 cm³/mol. The van der Waals surface area contributed by atoms with Gasteiger partial charge in [0.2, 0.25) is 0 Å². The Hall–Kier alpha value is -0.780. The maximum Gasteiger partial charge on any atom is 0.296 e. The van der Waals surface area contributed by atoms with Crippen molar-refractivity contribution >= 4 is 27.6 Å². The van der Waals surface area contributed by atoms with Crippen LogP contribution in [0.15, 0.2) is 23.1 Å². The lowest BCUT2D eigenvalue weighted by Gasteiger charge is -2.30. The van der Waals surface area contributed by atoms with E-state index in [1.807, 2.05) is 13.0 Å². The van der Waals surface area contributed by atoms with Crippen molar-refractivity contribution in [1.29, 1.82) is 0 Å². The summed E-state index contributed by atoms with van der Waals surface area (Å²) >= 11 is 6.01. The highest BCUT2D eigenvalue weighted by Crippen LogP contribution is 2.36. The molecule has 1 aliphatic rings. The Balaban J connectivity index is 2.64. The minimum Gasteiger partial charge on any atom is -0.283 e. The fourth-order valence-electron chi connectivity index (χ4n) is 2.02. The zero-order valence-corrected chi connectivity index (χ0v) is 10.3. The molecule has 1 aromatic rings. The Morgan fingerprint density at radius 3 is 2.81 bits per heavy atom. The first-order chi connectivity index (χ1) is 7.39. The van der Waals surface area contributed by atoms with Crippen LogP contribution in [0.4, 0.5) is 5.69 Å². The van der Waals surface area contributed by atoms with E-state index in [1.165, 1.54) is 10.5 Å². The summed E-state index contributed by atoms with van der Waals surface area (Å²) in [5, 5.41) is 0. The topological polar surface area (TPSA) is 57.6 Å². The van der Waals surface area contributed by atoms with E-state index in [1.54, 1.807) is 6.07 Å². The molecule has 1 aliphatic heterocycles. The summed E-state index contributed by atoms with van der Waals surface area (Å²) in [6.07, 6.45) is 0.766. The van der Waals surface area contributed by atoms with E-state index in [9.17, 15) is 8.42 Å². The van der Waals surface area contributed by atoms with Crippen LogP contribution >= 0.6 is 11.8 Å². The van der Waals surface area contributed by atoms with Crippen molar-refractivity contribution in [3.05, 3.63) is 23.8 Å². The van der Waals surface area contributed by atoms with Crippen LogP contribution in [0, 0.1) is 5.92 Å². The lowest BCUT2D eigenvalue weighted by Crippen LogP contribution is -2.28.